The van der Waals surface area contributed by atoms with Gasteiger partial charge in [0.15, 0.2) is 17.3 Å². The van der Waals surface area contributed by atoms with Crippen LogP contribution in [-0.4, -0.2) is 30.9 Å². The lowest BCUT2D eigenvalue weighted by atomic mass is 10.1. The standard InChI is InChI=1S/C22H21N5O3/c1-3-6-19-24-21-17-7-4-5-8-18(17)26(22(30)27(21)25-19)13-20(29)23-16-11-9-15(10-12-16)14(2)28/h4-5,7-12H,3,6,13H2,1-2H3,(H,23,29). The molecular weight excluding hydrogens is 382 g/mol. The number of nitrogens with one attached hydrogen (secondary N) is 1. The number of carbonyl (C=O) groups excluding carboxylic acids is 2. The number of carbonyl (C=O) groups is 2. The third-order valence-electron chi connectivity index (χ3n) is 4.85. The van der Waals surface area contributed by atoms with Crippen molar-refractivity contribution in [3.8, 4) is 0 Å². The molecule has 0 aliphatic rings. The highest BCUT2D eigenvalue weighted by Gasteiger charge is 2.16. The van der Waals surface area contributed by atoms with Crippen molar-refractivity contribution in [3.05, 3.63) is 70.4 Å². The van der Waals surface area contributed by atoms with E-state index in [1.807, 2.05) is 25.1 Å². The average molecular weight is 403 g/mol. The number of hydrogen-bond acceptors (Lipinski definition) is 5. The van der Waals surface area contributed by atoms with E-state index in [4.69, 9.17) is 0 Å². The quantitative estimate of drug-likeness (QED) is 0.499. The van der Waals surface area contributed by atoms with Crippen LogP contribution in [0.15, 0.2) is 53.3 Å². The van der Waals surface area contributed by atoms with Gasteiger partial charge in [0.2, 0.25) is 5.91 Å². The lowest BCUT2D eigenvalue weighted by Gasteiger charge is -2.11. The zero-order valence-electron chi connectivity index (χ0n) is 16.8. The van der Waals surface area contributed by atoms with Gasteiger partial charge in [-0.25, -0.2) is 9.78 Å². The summed E-state index contributed by atoms with van der Waals surface area (Å²) in [5.74, 6) is 0.202. The van der Waals surface area contributed by atoms with Crippen molar-refractivity contribution in [2.24, 2.45) is 0 Å². The summed E-state index contributed by atoms with van der Waals surface area (Å²) in [6.45, 7) is 3.33. The maximum Gasteiger partial charge on any atom is 0.351 e. The molecule has 0 unspecified atom stereocenters. The fraction of sp³-hybridized carbons (Fsp3) is 0.227. The van der Waals surface area contributed by atoms with Crippen molar-refractivity contribution in [1.82, 2.24) is 19.2 Å². The van der Waals surface area contributed by atoms with E-state index in [0.717, 1.165) is 11.8 Å². The Morgan fingerprint density at radius 2 is 1.80 bits per heavy atom. The Balaban J connectivity index is 1.70. The van der Waals surface area contributed by atoms with E-state index >= 15 is 0 Å². The Kier molecular flexibility index (Phi) is 5.14. The fourth-order valence-electron chi connectivity index (χ4n) is 3.39. The number of benzene rings is 2. The van der Waals surface area contributed by atoms with Gasteiger partial charge in [-0.15, -0.1) is 5.10 Å². The minimum absolute atomic E-state index is 0.0468. The van der Waals surface area contributed by atoms with E-state index in [1.165, 1.54) is 16.0 Å². The molecule has 1 N–H and O–H groups in total. The first kappa shape index (κ1) is 19.5. The molecule has 0 bridgehead atoms. The molecule has 2 aromatic heterocycles. The summed E-state index contributed by atoms with van der Waals surface area (Å²) in [6, 6.07) is 14.0. The van der Waals surface area contributed by atoms with Gasteiger partial charge in [-0.1, -0.05) is 19.1 Å². The summed E-state index contributed by atoms with van der Waals surface area (Å²) in [5, 5.41) is 7.86. The van der Waals surface area contributed by atoms with Gasteiger partial charge in [0.1, 0.15) is 6.54 Å². The molecule has 0 spiro atoms. The van der Waals surface area contributed by atoms with E-state index in [1.54, 1.807) is 30.3 Å². The molecule has 8 heteroatoms. The highest BCUT2D eigenvalue weighted by atomic mass is 16.2. The molecule has 0 radical (unpaired) electrons. The lowest BCUT2D eigenvalue weighted by Crippen LogP contribution is -2.32. The normalized spacial score (nSPS) is 11.1. The van der Waals surface area contributed by atoms with E-state index < -0.39 is 5.69 Å². The number of para-hydroxylation sites is 1. The third kappa shape index (κ3) is 3.59. The Morgan fingerprint density at radius 3 is 2.50 bits per heavy atom. The largest absolute Gasteiger partial charge is 0.351 e. The van der Waals surface area contributed by atoms with Gasteiger partial charge in [0, 0.05) is 23.1 Å². The number of aromatic nitrogens is 4. The molecule has 4 aromatic rings. The Labute approximate surface area is 172 Å². The van der Waals surface area contributed by atoms with E-state index in [-0.39, 0.29) is 18.2 Å². The number of aryl methyl sites for hydroxylation is 1. The van der Waals surface area contributed by atoms with E-state index in [2.05, 4.69) is 15.4 Å². The molecule has 0 saturated carbocycles. The Hall–Kier alpha value is -3.81. The summed E-state index contributed by atoms with van der Waals surface area (Å²) in [5.41, 5.74) is 1.81. The van der Waals surface area contributed by atoms with Crippen molar-refractivity contribution in [3.63, 3.8) is 0 Å². The highest BCUT2D eigenvalue weighted by molar-refractivity contribution is 5.96. The highest BCUT2D eigenvalue weighted by Crippen LogP contribution is 2.17. The molecular formula is C22H21N5O3. The van der Waals surface area contributed by atoms with Crippen LogP contribution in [0.5, 0.6) is 0 Å². The van der Waals surface area contributed by atoms with Gasteiger partial charge < -0.3 is 5.32 Å². The van der Waals surface area contributed by atoms with Gasteiger partial charge >= 0.3 is 5.69 Å². The minimum Gasteiger partial charge on any atom is -0.325 e. The third-order valence-corrected chi connectivity index (χ3v) is 4.85. The molecule has 0 aliphatic heterocycles. The Morgan fingerprint density at radius 1 is 1.07 bits per heavy atom. The van der Waals surface area contributed by atoms with Gasteiger partial charge in [0.25, 0.3) is 0 Å². The monoisotopic (exact) mass is 403 g/mol. The van der Waals surface area contributed by atoms with Crippen LogP contribution in [0.3, 0.4) is 0 Å². The maximum atomic E-state index is 13.1. The predicted octanol–water partition coefficient (Wildman–Crippen LogP) is 2.84. The number of nitrogens with zero attached hydrogens (tertiary/aromatic N) is 4. The van der Waals surface area contributed by atoms with Crippen LogP contribution in [0, 0.1) is 0 Å². The summed E-state index contributed by atoms with van der Waals surface area (Å²) >= 11 is 0. The zero-order chi connectivity index (χ0) is 21.3. The fourth-order valence-corrected chi connectivity index (χ4v) is 3.39. The number of amides is 1. The van der Waals surface area contributed by atoms with E-state index in [9.17, 15) is 14.4 Å². The molecule has 8 nitrogen and oxygen atoms in total. The van der Waals surface area contributed by atoms with Gasteiger partial charge in [-0.2, -0.15) is 4.52 Å². The van der Waals surface area contributed by atoms with Crippen LogP contribution in [-0.2, 0) is 17.8 Å². The average Bonchev–Trinajstić information content (AvgIpc) is 3.16. The second-order valence-corrected chi connectivity index (χ2v) is 7.08. The Bertz CT molecular complexity index is 1320. The minimum atomic E-state index is -0.416. The van der Waals surface area contributed by atoms with E-state index in [0.29, 0.717) is 34.7 Å². The summed E-state index contributed by atoms with van der Waals surface area (Å²) in [7, 11) is 0. The van der Waals surface area contributed by atoms with Crippen LogP contribution in [0.25, 0.3) is 16.6 Å². The lowest BCUT2D eigenvalue weighted by molar-refractivity contribution is -0.116. The van der Waals surface area contributed by atoms with Gasteiger partial charge in [-0.05, 0) is 49.7 Å². The van der Waals surface area contributed by atoms with Crippen molar-refractivity contribution in [2.45, 2.75) is 33.2 Å². The SMILES string of the molecule is CCCc1nc2c3ccccc3n(CC(=O)Nc3ccc(C(C)=O)cc3)c(=O)n2n1. The van der Waals surface area contributed by atoms with Gasteiger partial charge in [-0.3, -0.25) is 14.2 Å². The smallest absolute Gasteiger partial charge is 0.325 e. The summed E-state index contributed by atoms with van der Waals surface area (Å²) in [6.07, 6.45) is 1.54. The predicted molar refractivity (Wildman–Crippen MR) is 114 cm³/mol. The van der Waals surface area contributed by atoms with Crippen molar-refractivity contribution in [2.75, 3.05) is 5.32 Å². The first-order valence-electron chi connectivity index (χ1n) is 9.76. The topological polar surface area (TPSA) is 98.4 Å². The number of fused-ring (bicyclic) bond motifs is 3. The second kappa shape index (κ2) is 7.90. The first-order chi connectivity index (χ1) is 14.5. The maximum absolute atomic E-state index is 13.1. The molecule has 1 amide bonds. The number of anilines is 1. The van der Waals surface area contributed by atoms with Crippen LogP contribution < -0.4 is 11.0 Å². The summed E-state index contributed by atoms with van der Waals surface area (Å²) in [4.78, 5) is 41.6. The molecule has 4 rings (SSSR count). The van der Waals surface area contributed by atoms with Crippen LogP contribution in [0.2, 0.25) is 0 Å². The summed E-state index contributed by atoms with van der Waals surface area (Å²) < 4.78 is 2.66. The van der Waals surface area contributed by atoms with Gasteiger partial charge in [0.05, 0.1) is 5.52 Å². The molecule has 0 saturated heterocycles. The first-order valence-corrected chi connectivity index (χ1v) is 9.76. The molecule has 0 atom stereocenters. The van der Waals surface area contributed by atoms with Crippen LogP contribution in [0.1, 0.15) is 36.5 Å². The molecule has 2 heterocycles. The zero-order valence-corrected chi connectivity index (χ0v) is 16.8. The molecule has 2 aromatic carbocycles. The van der Waals surface area contributed by atoms with Crippen molar-refractivity contribution < 1.29 is 9.59 Å². The molecule has 30 heavy (non-hydrogen) atoms. The molecule has 152 valence electrons. The number of ketones is 1. The number of rotatable bonds is 6. The van der Waals surface area contributed by atoms with Crippen molar-refractivity contribution in [1.29, 1.82) is 0 Å². The van der Waals surface area contributed by atoms with Crippen molar-refractivity contribution >= 4 is 33.9 Å². The second-order valence-electron chi connectivity index (χ2n) is 7.08. The number of hydrogen-bond donors (Lipinski definition) is 1. The molecule has 0 aliphatic carbocycles. The number of Topliss-reactive ketones (excluding diaryl/α,β-unsaturated/α-hetero) is 1. The molecule has 0 fully saturated rings. The van der Waals surface area contributed by atoms with Crippen LogP contribution in [0.4, 0.5) is 5.69 Å². The van der Waals surface area contributed by atoms with Crippen LogP contribution >= 0.6 is 0 Å².